The van der Waals surface area contributed by atoms with Crippen molar-refractivity contribution in [1.82, 2.24) is 10.3 Å². The van der Waals surface area contributed by atoms with Crippen molar-refractivity contribution in [1.29, 1.82) is 0 Å². The van der Waals surface area contributed by atoms with Crippen LogP contribution in [0.25, 0.3) is 0 Å². The molecule has 0 amide bonds. The van der Waals surface area contributed by atoms with Gasteiger partial charge in [0.25, 0.3) is 0 Å². The third-order valence-electron chi connectivity index (χ3n) is 3.48. The molecule has 1 aliphatic carbocycles. The molecule has 2 rings (SSSR count). The van der Waals surface area contributed by atoms with Crippen LogP contribution in [0.3, 0.4) is 0 Å². The lowest BCUT2D eigenvalue weighted by Gasteiger charge is -2.26. The highest BCUT2D eigenvalue weighted by molar-refractivity contribution is 5.52. The first-order valence-electron chi connectivity index (χ1n) is 7.12. The molecular formula is C15H25N3. The number of anilines is 1. The number of hydrogen-bond acceptors (Lipinski definition) is 3. The van der Waals surface area contributed by atoms with Crippen LogP contribution >= 0.6 is 0 Å². The Morgan fingerprint density at radius 2 is 2.22 bits per heavy atom. The summed E-state index contributed by atoms with van der Waals surface area (Å²) in [5.41, 5.74) is 2.67. The number of aromatic nitrogens is 1. The normalized spacial score (nSPS) is 15.1. The van der Waals surface area contributed by atoms with E-state index in [1.54, 1.807) is 0 Å². The van der Waals surface area contributed by atoms with Crippen LogP contribution in [0.15, 0.2) is 18.5 Å². The first-order chi connectivity index (χ1) is 8.70. The summed E-state index contributed by atoms with van der Waals surface area (Å²) >= 11 is 0. The second-order valence-electron chi connectivity index (χ2n) is 5.52. The van der Waals surface area contributed by atoms with Gasteiger partial charge in [-0.3, -0.25) is 4.98 Å². The Kier molecular flexibility index (Phi) is 4.59. The fourth-order valence-electron chi connectivity index (χ4n) is 2.19. The van der Waals surface area contributed by atoms with Gasteiger partial charge in [0.15, 0.2) is 0 Å². The Labute approximate surface area is 111 Å². The van der Waals surface area contributed by atoms with Gasteiger partial charge >= 0.3 is 0 Å². The van der Waals surface area contributed by atoms with Gasteiger partial charge in [0.05, 0.1) is 0 Å². The van der Waals surface area contributed by atoms with Gasteiger partial charge in [0.2, 0.25) is 0 Å². The molecule has 1 fully saturated rings. The molecule has 1 aromatic heterocycles. The summed E-state index contributed by atoms with van der Waals surface area (Å²) in [5, 5.41) is 3.48. The smallest absolute Gasteiger partial charge is 0.0442 e. The molecular weight excluding hydrogens is 222 g/mol. The third-order valence-corrected chi connectivity index (χ3v) is 3.48. The lowest BCUT2D eigenvalue weighted by Crippen LogP contribution is -2.28. The zero-order valence-electron chi connectivity index (χ0n) is 11.8. The van der Waals surface area contributed by atoms with Crippen molar-refractivity contribution in [3.63, 3.8) is 0 Å². The van der Waals surface area contributed by atoms with Gasteiger partial charge in [-0.15, -0.1) is 0 Å². The topological polar surface area (TPSA) is 28.2 Å². The SMILES string of the molecule is CCN(CC1CC1)c1ccncc1CNC(C)C. The molecule has 0 spiro atoms. The van der Waals surface area contributed by atoms with Crippen LogP contribution in [0.2, 0.25) is 0 Å². The van der Waals surface area contributed by atoms with Crippen molar-refractivity contribution in [3.05, 3.63) is 24.0 Å². The van der Waals surface area contributed by atoms with Gasteiger partial charge in [-0.25, -0.2) is 0 Å². The number of nitrogens with zero attached hydrogens (tertiary/aromatic N) is 2. The van der Waals surface area contributed by atoms with E-state index in [4.69, 9.17) is 0 Å². The Hall–Kier alpha value is -1.09. The third kappa shape index (κ3) is 3.70. The van der Waals surface area contributed by atoms with Crippen molar-refractivity contribution in [3.8, 4) is 0 Å². The predicted molar refractivity (Wildman–Crippen MR) is 76.8 cm³/mol. The number of pyridine rings is 1. The maximum absolute atomic E-state index is 4.27. The predicted octanol–water partition coefficient (Wildman–Crippen LogP) is 2.82. The van der Waals surface area contributed by atoms with Crippen LogP contribution in [-0.4, -0.2) is 24.1 Å². The van der Waals surface area contributed by atoms with E-state index in [-0.39, 0.29) is 0 Å². The number of nitrogens with one attached hydrogen (secondary N) is 1. The number of rotatable bonds is 7. The fourth-order valence-corrected chi connectivity index (χ4v) is 2.19. The van der Waals surface area contributed by atoms with Crippen LogP contribution in [0.4, 0.5) is 5.69 Å². The average molecular weight is 247 g/mol. The van der Waals surface area contributed by atoms with Crippen molar-refractivity contribution < 1.29 is 0 Å². The Morgan fingerprint density at radius 1 is 1.44 bits per heavy atom. The molecule has 100 valence electrons. The van der Waals surface area contributed by atoms with E-state index >= 15 is 0 Å². The molecule has 1 aliphatic rings. The van der Waals surface area contributed by atoms with E-state index in [0.29, 0.717) is 6.04 Å². The van der Waals surface area contributed by atoms with Gasteiger partial charge in [-0.05, 0) is 31.7 Å². The lowest BCUT2D eigenvalue weighted by atomic mass is 10.2. The van der Waals surface area contributed by atoms with E-state index in [1.165, 1.54) is 30.6 Å². The lowest BCUT2D eigenvalue weighted by molar-refractivity contribution is 0.586. The van der Waals surface area contributed by atoms with E-state index in [1.807, 2.05) is 12.4 Å². The molecule has 3 heteroatoms. The molecule has 0 bridgehead atoms. The minimum absolute atomic E-state index is 0.511. The highest BCUT2D eigenvalue weighted by Gasteiger charge is 2.24. The molecule has 18 heavy (non-hydrogen) atoms. The first-order valence-corrected chi connectivity index (χ1v) is 7.12. The van der Waals surface area contributed by atoms with E-state index in [2.05, 4.69) is 42.0 Å². The van der Waals surface area contributed by atoms with Crippen molar-refractivity contribution >= 4 is 5.69 Å². The Morgan fingerprint density at radius 3 is 2.83 bits per heavy atom. The standard InChI is InChI=1S/C15H25N3/c1-4-18(11-13-5-6-13)15-7-8-16-9-14(15)10-17-12(2)3/h7-9,12-13,17H,4-6,10-11H2,1-3H3. The highest BCUT2D eigenvalue weighted by Crippen LogP contribution is 2.32. The van der Waals surface area contributed by atoms with Crippen molar-refractivity contribution in [2.75, 3.05) is 18.0 Å². The van der Waals surface area contributed by atoms with Gasteiger partial charge in [-0.1, -0.05) is 13.8 Å². The molecule has 0 atom stereocenters. The molecule has 0 saturated heterocycles. The summed E-state index contributed by atoms with van der Waals surface area (Å²) in [4.78, 5) is 6.76. The highest BCUT2D eigenvalue weighted by atomic mass is 15.1. The molecule has 1 aromatic rings. The quantitative estimate of drug-likeness (QED) is 0.803. The molecule has 0 aliphatic heterocycles. The fraction of sp³-hybridized carbons (Fsp3) is 0.667. The van der Waals surface area contributed by atoms with E-state index < -0.39 is 0 Å². The molecule has 3 nitrogen and oxygen atoms in total. The van der Waals surface area contributed by atoms with Crippen LogP contribution in [0, 0.1) is 5.92 Å². The molecule has 0 unspecified atom stereocenters. The van der Waals surface area contributed by atoms with Crippen molar-refractivity contribution in [2.45, 2.75) is 46.2 Å². The van der Waals surface area contributed by atoms with Gasteiger partial charge in [-0.2, -0.15) is 0 Å². The summed E-state index contributed by atoms with van der Waals surface area (Å²) in [6.07, 6.45) is 6.71. The molecule has 0 radical (unpaired) electrons. The van der Waals surface area contributed by atoms with Crippen molar-refractivity contribution in [2.24, 2.45) is 5.92 Å². The Bertz CT molecular complexity index is 372. The molecule has 1 N–H and O–H groups in total. The van der Waals surface area contributed by atoms with Gasteiger partial charge in [0, 0.05) is 49.3 Å². The largest absolute Gasteiger partial charge is 0.371 e. The average Bonchev–Trinajstić information content (AvgIpc) is 3.18. The molecule has 1 heterocycles. The Balaban J connectivity index is 2.08. The van der Waals surface area contributed by atoms with Crippen LogP contribution in [0.1, 0.15) is 39.2 Å². The van der Waals surface area contributed by atoms with E-state index in [9.17, 15) is 0 Å². The minimum atomic E-state index is 0.511. The summed E-state index contributed by atoms with van der Waals surface area (Å²) in [7, 11) is 0. The zero-order chi connectivity index (χ0) is 13.0. The minimum Gasteiger partial charge on any atom is -0.371 e. The second-order valence-corrected chi connectivity index (χ2v) is 5.52. The van der Waals surface area contributed by atoms with Crippen LogP contribution < -0.4 is 10.2 Å². The van der Waals surface area contributed by atoms with Crippen LogP contribution in [0.5, 0.6) is 0 Å². The molecule has 1 saturated carbocycles. The summed E-state index contributed by atoms with van der Waals surface area (Å²) in [6.45, 7) is 9.78. The summed E-state index contributed by atoms with van der Waals surface area (Å²) < 4.78 is 0. The summed E-state index contributed by atoms with van der Waals surface area (Å²) in [5.74, 6) is 0.920. The second kappa shape index (κ2) is 6.19. The maximum Gasteiger partial charge on any atom is 0.0442 e. The summed E-state index contributed by atoms with van der Waals surface area (Å²) in [6, 6.07) is 2.67. The van der Waals surface area contributed by atoms with E-state index in [0.717, 1.165) is 19.0 Å². The molecule has 0 aromatic carbocycles. The van der Waals surface area contributed by atoms with Gasteiger partial charge in [0.1, 0.15) is 0 Å². The maximum atomic E-state index is 4.27. The van der Waals surface area contributed by atoms with Gasteiger partial charge < -0.3 is 10.2 Å². The monoisotopic (exact) mass is 247 g/mol. The van der Waals surface area contributed by atoms with Crippen LogP contribution in [-0.2, 0) is 6.54 Å². The first kappa shape index (κ1) is 13.3. The zero-order valence-corrected chi connectivity index (χ0v) is 11.8. The number of hydrogen-bond donors (Lipinski definition) is 1.